The summed E-state index contributed by atoms with van der Waals surface area (Å²) in [5.74, 6) is 0.732. The van der Waals surface area contributed by atoms with Gasteiger partial charge in [0.1, 0.15) is 5.82 Å². The zero-order chi connectivity index (χ0) is 17.5. The number of benzene rings is 2. The first-order chi connectivity index (χ1) is 11.3. The molecule has 3 rings (SSSR count). The normalized spacial score (nSPS) is 11.7. The summed E-state index contributed by atoms with van der Waals surface area (Å²) in [6.45, 7) is 6.23. The SMILES string of the molecule is Cc1cc(C)c(-n2ccnc2-c2cccc(S(C)(=O)=O)c2)c(C)c1. The molecule has 0 amide bonds. The summed E-state index contributed by atoms with van der Waals surface area (Å²) >= 11 is 0. The van der Waals surface area contributed by atoms with E-state index in [1.165, 1.54) is 11.8 Å². The summed E-state index contributed by atoms with van der Waals surface area (Å²) < 4.78 is 25.7. The van der Waals surface area contributed by atoms with E-state index in [0.29, 0.717) is 4.90 Å². The molecule has 0 aliphatic carbocycles. The quantitative estimate of drug-likeness (QED) is 0.727. The molecule has 0 bridgehead atoms. The van der Waals surface area contributed by atoms with Crippen molar-refractivity contribution in [3.8, 4) is 17.1 Å². The van der Waals surface area contributed by atoms with E-state index in [9.17, 15) is 8.42 Å². The van der Waals surface area contributed by atoms with E-state index in [4.69, 9.17) is 0 Å². The number of hydrogen-bond donors (Lipinski definition) is 0. The number of sulfone groups is 1. The maximum atomic E-state index is 11.8. The number of nitrogens with zero attached hydrogens (tertiary/aromatic N) is 2. The van der Waals surface area contributed by atoms with Crippen LogP contribution in [0.15, 0.2) is 53.7 Å². The summed E-state index contributed by atoms with van der Waals surface area (Å²) in [6.07, 6.45) is 4.86. The van der Waals surface area contributed by atoms with E-state index >= 15 is 0 Å². The first-order valence-electron chi connectivity index (χ1n) is 7.69. The Bertz CT molecular complexity index is 994. The van der Waals surface area contributed by atoms with Crippen molar-refractivity contribution in [2.24, 2.45) is 0 Å². The lowest BCUT2D eigenvalue weighted by Gasteiger charge is -2.15. The minimum Gasteiger partial charge on any atom is -0.299 e. The van der Waals surface area contributed by atoms with Crippen LogP contribution >= 0.6 is 0 Å². The van der Waals surface area contributed by atoms with Crippen LogP contribution in [0.4, 0.5) is 0 Å². The molecule has 5 heteroatoms. The molecule has 4 nitrogen and oxygen atoms in total. The van der Waals surface area contributed by atoms with Crippen molar-refractivity contribution in [2.75, 3.05) is 6.26 Å². The molecule has 0 unspecified atom stereocenters. The Morgan fingerprint density at radius 1 is 1.00 bits per heavy atom. The number of imidazole rings is 1. The van der Waals surface area contributed by atoms with E-state index in [1.807, 2.05) is 16.8 Å². The van der Waals surface area contributed by atoms with Gasteiger partial charge in [-0.3, -0.25) is 4.57 Å². The third-order valence-corrected chi connectivity index (χ3v) is 5.15. The van der Waals surface area contributed by atoms with Crippen molar-refractivity contribution in [3.05, 3.63) is 65.5 Å². The van der Waals surface area contributed by atoms with Crippen LogP contribution in [0.5, 0.6) is 0 Å². The lowest BCUT2D eigenvalue weighted by atomic mass is 10.0. The van der Waals surface area contributed by atoms with Crippen molar-refractivity contribution in [3.63, 3.8) is 0 Å². The number of aryl methyl sites for hydroxylation is 3. The van der Waals surface area contributed by atoms with Gasteiger partial charge in [-0.1, -0.05) is 29.8 Å². The summed E-state index contributed by atoms with van der Waals surface area (Å²) in [4.78, 5) is 4.76. The van der Waals surface area contributed by atoms with E-state index in [0.717, 1.165) is 28.2 Å². The zero-order valence-electron chi connectivity index (χ0n) is 14.2. The van der Waals surface area contributed by atoms with Crippen molar-refractivity contribution >= 4 is 9.84 Å². The van der Waals surface area contributed by atoms with Gasteiger partial charge in [0.05, 0.1) is 10.6 Å². The fourth-order valence-electron chi connectivity index (χ4n) is 3.12. The van der Waals surface area contributed by atoms with Crippen LogP contribution in [0.2, 0.25) is 0 Å². The van der Waals surface area contributed by atoms with Gasteiger partial charge in [0.25, 0.3) is 0 Å². The molecule has 0 spiro atoms. The van der Waals surface area contributed by atoms with E-state index < -0.39 is 9.84 Å². The standard InChI is InChI=1S/C19H20N2O2S/c1-13-10-14(2)18(15(3)11-13)21-9-8-20-19(21)16-6-5-7-17(12-16)24(4,22)23/h5-12H,1-4H3. The second kappa shape index (κ2) is 5.91. The van der Waals surface area contributed by atoms with Crippen LogP contribution in [0.25, 0.3) is 17.1 Å². The average molecular weight is 340 g/mol. The molecule has 3 aromatic rings. The van der Waals surface area contributed by atoms with Gasteiger partial charge in [-0.05, 0) is 44.0 Å². The maximum Gasteiger partial charge on any atom is 0.175 e. The van der Waals surface area contributed by atoms with Gasteiger partial charge in [0.2, 0.25) is 0 Å². The molecule has 124 valence electrons. The largest absolute Gasteiger partial charge is 0.299 e. The van der Waals surface area contributed by atoms with Crippen molar-refractivity contribution in [1.82, 2.24) is 9.55 Å². The minimum absolute atomic E-state index is 0.298. The van der Waals surface area contributed by atoms with Crippen LogP contribution in [0.3, 0.4) is 0 Å². The molecule has 1 heterocycles. The number of hydrogen-bond acceptors (Lipinski definition) is 3. The Balaban J connectivity index is 2.20. The number of rotatable bonds is 3. The molecule has 0 atom stereocenters. The topological polar surface area (TPSA) is 52.0 Å². The molecular formula is C19H20N2O2S. The highest BCUT2D eigenvalue weighted by Gasteiger charge is 2.14. The highest BCUT2D eigenvalue weighted by Crippen LogP contribution is 2.28. The van der Waals surface area contributed by atoms with Crippen LogP contribution in [0, 0.1) is 20.8 Å². The van der Waals surface area contributed by atoms with E-state index in [2.05, 4.69) is 37.9 Å². The molecule has 0 fully saturated rings. The van der Waals surface area contributed by atoms with Crippen molar-refractivity contribution in [1.29, 1.82) is 0 Å². The monoisotopic (exact) mass is 340 g/mol. The van der Waals surface area contributed by atoms with Gasteiger partial charge in [0.15, 0.2) is 9.84 Å². The van der Waals surface area contributed by atoms with Crippen LogP contribution in [0.1, 0.15) is 16.7 Å². The molecule has 0 aliphatic rings. The summed E-state index contributed by atoms with van der Waals surface area (Å²) in [5, 5.41) is 0. The van der Waals surface area contributed by atoms with Crippen LogP contribution in [-0.4, -0.2) is 24.2 Å². The van der Waals surface area contributed by atoms with Gasteiger partial charge in [-0.2, -0.15) is 0 Å². The molecule has 0 aliphatic heterocycles. The fraction of sp³-hybridized carbons (Fsp3) is 0.211. The van der Waals surface area contributed by atoms with Gasteiger partial charge in [-0.25, -0.2) is 13.4 Å². The van der Waals surface area contributed by atoms with Gasteiger partial charge in [-0.15, -0.1) is 0 Å². The lowest BCUT2D eigenvalue weighted by Crippen LogP contribution is -2.03. The molecule has 0 N–H and O–H groups in total. The van der Waals surface area contributed by atoms with Crippen molar-refractivity contribution < 1.29 is 8.42 Å². The smallest absolute Gasteiger partial charge is 0.175 e. The van der Waals surface area contributed by atoms with Gasteiger partial charge >= 0.3 is 0 Å². The molecule has 0 saturated carbocycles. The third-order valence-electron chi connectivity index (χ3n) is 4.04. The summed E-state index contributed by atoms with van der Waals surface area (Å²) in [7, 11) is -3.25. The molecule has 2 aromatic carbocycles. The first-order valence-corrected chi connectivity index (χ1v) is 9.58. The molecule has 24 heavy (non-hydrogen) atoms. The average Bonchev–Trinajstić information content (AvgIpc) is 2.94. The Hall–Kier alpha value is -2.40. The molecular weight excluding hydrogens is 320 g/mol. The van der Waals surface area contributed by atoms with Crippen LogP contribution < -0.4 is 0 Å². The van der Waals surface area contributed by atoms with Gasteiger partial charge < -0.3 is 0 Å². The second-order valence-corrected chi connectivity index (χ2v) is 8.18. The Kier molecular flexibility index (Phi) is 4.05. The molecule has 0 saturated heterocycles. The van der Waals surface area contributed by atoms with E-state index in [-0.39, 0.29) is 0 Å². The van der Waals surface area contributed by atoms with Crippen LogP contribution in [-0.2, 0) is 9.84 Å². The fourth-order valence-corrected chi connectivity index (χ4v) is 3.78. The Labute approximate surface area is 142 Å². The highest BCUT2D eigenvalue weighted by atomic mass is 32.2. The first kappa shape index (κ1) is 16.5. The predicted molar refractivity (Wildman–Crippen MR) is 96.3 cm³/mol. The second-order valence-electron chi connectivity index (χ2n) is 6.17. The third kappa shape index (κ3) is 2.99. The predicted octanol–water partition coefficient (Wildman–Crippen LogP) is 3.87. The molecule has 1 aromatic heterocycles. The lowest BCUT2D eigenvalue weighted by molar-refractivity contribution is 0.602. The van der Waals surface area contributed by atoms with Gasteiger partial charge in [0, 0.05) is 24.2 Å². The maximum absolute atomic E-state index is 11.8. The highest BCUT2D eigenvalue weighted by molar-refractivity contribution is 7.90. The zero-order valence-corrected chi connectivity index (χ0v) is 15.1. The number of aromatic nitrogens is 2. The summed E-state index contributed by atoms with van der Waals surface area (Å²) in [6, 6.07) is 11.2. The minimum atomic E-state index is -3.25. The van der Waals surface area contributed by atoms with Crippen molar-refractivity contribution in [2.45, 2.75) is 25.7 Å². The Morgan fingerprint density at radius 2 is 1.67 bits per heavy atom. The Morgan fingerprint density at radius 3 is 2.29 bits per heavy atom. The molecule has 0 radical (unpaired) electrons. The van der Waals surface area contributed by atoms with E-state index in [1.54, 1.807) is 24.4 Å². The summed E-state index contributed by atoms with van der Waals surface area (Å²) in [5.41, 5.74) is 5.40.